The van der Waals surface area contributed by atoms with E-state index in [0.29, 0.717) is 42.5 Å². The van der Waals surface area contributed by atoms with Gasteiger partial charge in [0.25, 0.3) is 5.91 Å². The Morgan fingerprint density at radius 1 is 1.00 bits per heavy atom. The molecule has 0 N–H and O–H groups in total. The highest BCUT2D eigenvalue weighted by molar-refractivity contribution is 6.31. The maximum absolute atomic E-state index is 13.2. The van der Waals surface area contributed by atoms with E-state index >= 15 is 0 Å². The molecule has 1 aliphatic heterocycles. The van der Waals surface area contributed by atoms with Crippen molar-refractivity contribution in [3.05, 3.63) is 83.4 Å². The molecule has 2 aromatic carbocycles. The molecule has 0 radical (unpaired) electrons. The lowest BCUT2D eigenvalue weighted by atomic mass is 10.0. The third kappa shape index (κ3) is 4.33. The highest BCUT2D eigenvalue weighted by atomic mass is 35.5. The second-order valence-electron chi connectivity index (χ2n) is 7.26. The summed E-state index contributed by atoms with van der Waals surface area (Å²) in [4.78, 5) is 33.7. The van der Waals surface area contributed by atoms with E-state index in [-0.39, 0.29) is 11.9 Å². The molecule has 0 spiro atoms. The molecule has 31 heavy (non-hydrogen) atoms. The van der Waals surface area contributed by atoms with Crippen molar-refractivity contribution < 1.29 is 14.3 Å². The standard InChI is InChI=1S/C23H23ClN4O3/c1-31-23(30)21(18-9-5-6-10-19(18)24)26-11-13-27(14-12-26)22(29)20-15-25-16-28(20)17-7-3-2-4-8-17/h2-10,15-16,21H,11-14H2,1H3. The first-order valence-corrected chi connectivity index (χ1v) is 10.4. The van der Waals surface area contributed by atoms with Crippen molar-refractivity contribution in [3.8, 4) is 5.69 Å². The van der Waals surface area contributed by atoms with Gasteiger partial charge < -0.3 is 9.64 Å². The van der Waals surface area contributed by atoms with Crippen LogP contribution in [0.1, 0.15) is 22.1 Å². The zero-order valence-electron chi connectivity index (χ0n) is 17.1. The van der Waals surface area contributed by atoms with Crippen molar-refractivity contribution in [1.82, 2.24) is 19.4 Å². The molecule has 0 saturated carbocycles. The van der Waals surface area contributed by atoms with Crippen LogP contribution in [0.25, 0.3) is 5.69 Å². The number of halogens is 1. The number of hydrogen-bond acceptors (Lipinski definition) is 5. The van der Waals surface area contributed by atoms with Crippen LogP contribution in [-0.2, 0) is 9.53 Å². The summed E-state index contributed by atoms with van der Waals surface area (Å²) in [5.41, 5.74) is 2.10. The third-order valence-electron chi connectivity index (χ3n) is 5.48. The fraction of sp³-hybridized carbons (Fsp3) is 0.261. The molecule has 160 valence electrons. The third-order valence-corrected chi connectivity index (χ3v) is 5.83. The summed E-state index contributed by atoms with van der Waals surface area (Å²) >= 11 is 6.35. The minimum atomic E-state index is -0.606. The van der Waals surface area contributed by atoms with Crippen LogP contribution in [0.15, 0.2) is 67.1 Å². The van der Waals surface area contributed by atoms with E-state index in [1.54, 1.807) is 28.1 Å². The number of methoxy groups -OCH3 is 1. The summed E-state index contributed by atoms with van der Waals surface area (Å²) in [6, 6.07) is 16.3. The smallest absolute Gasteiger partial charge is 0.327 e. The van der Waals surface area contributed by atoms with Crippen molar-refractivity contribution in [2.24, 2.45) is 0 Å². The van der Waals surface area contributed by atoms with E-state index in [1.807, 2.05) is 53.4 Å². The number of amides is 1. The van der Waals surface area contributed by atoms with E-state index in [4.69, 9.17) is 16.3 Å². The van der Waals surface area contributed by atoms with Gasteiger partial charge in [0.05, 0.1) is 19.6 Å². The van der Waals surface area contributed by atoms with Gasteiger partial charge in [-0.05, 0) is 23.8 Å². The Morgan fingerprint density at radius 3 is 2.35 bits per heavy atom. The number of piperazine rings is 1. The van der Waals surface area contributed by atoms with E-state index < -0.39 is 6.04 Å². The quantitative estimate of drug-likeness (QED) is 0.572. The summed E-state index contributed by atoms with van der Waals surface area (Å²) < 4.78 is 6.83. The normalized spacial score (nSPS) is 15.5. The Bertz CT molecular complexity index is 1060. The van der Waals surface area contributed by atoms with Crippen LogP contribution in [0.3, 0.4) is 0 Å². The first kappa shape index (κ1) is 21.1. The monoisotopic (exact) mass is 438 g/mol. The number of aromatic nitrogens is 2. The zero-order chi connectivity index (χ0) is 21.8. The molecule has 1 saturated heterocycles. The Balaban J connectivity index is 1.50. The van der Waals surface area contributed by atoms with Crippen LogP contribution in [0.2, 0.25) is 5.02 Å². The number of ether oxygens (including phenoxy) is 1. The average Bonchev–Trinajstić information content (AvgIpc) is 3.31. The van der Waals surface area contributed by atoms with Crippen LogP contribution in [-0.4, -0.2) is 64.5 Å². The van der Waals surface area contributed by atoms with Gasteiger partial charge in [-0.3, -0.25) is 14.3 Å². The van der Waals surface area contributed by atoms with E-state index in [9.17, 15) is 9.59 Å². The number of esters is 1. The van der Waals surface area contributed by atoms with Gasteiger partial charge in [-0.15, -0.1) is 0 Å². The number of imidazole rings is 1. The SMILES string of the molecule is COC(=O)C(c1ccccc1Cl)N1CCN(C(=O)c2cncn2-c2ccccc2)CC1. The van der Waals surface area contributed by atoms with Gasteiger partial charge in [-0.25, -0.2) is 9.78 Å². The van der Waals surface area contributed by atoms with Gasteiger partial charge in [0.1, 0.15) is 11.7 Å². The highest BCUT2D eigenvalue weighted by Crippen LogP contribution is 2.29. The molecule has 1 fully saturated rings. The summed E-state index contributed by atoms with van der Waals surface area (Å²) in [6.07, 6.45) is 3.23. The summed E-state index contributed by atoms with van der Waals surface area (Å²) in [6.45, 7) is 2.01. The predicted molar refractivity (Wildman–Crippen MR) is 117 cm³/mol. The Morgan fingerprint density at radius 2 is 1.68 bits per heavy atom. The number of carbonyl (C=O) groups excluding carboxylic acids is 2. The molecule has 1 aromatic heterocycles. The second-order valence-corrected chi connectivity index (χ2v) is 7.67. The van der Waals surface area contributed by atoms with E-state index in [0.717, 1.165) is 5.69 Å². The fourth-order valence-corrected chi connectivity index (χ4v) is 4.11. The van der Waals surface area contributed by atoms with Crippen LogP contribution in [0.4, 0.5) is 0 Å². The number of nitrogens with zero attached hydrogens (tertiary/aromatic N) is 4. The molecular formula is C23H23ClN4O3. The molecule has 4 rings (SSSR count). The van der Waals surface area contributed by atoms with Crippen LogP contribution >= 0.6 is 11.6 Å². The van der Waals surface area contributed by atoms with Gasteiger partial charge >= 0.3 is 5.97 Å². The predicted octanol–water partition coefficient (Wildman–Crippen LogP) is 3.20. The molecule has 1 amide bonds. The van der Waals surface area contributed by atoms with Gasteiger partial charge in [-0.1, -0.05) is 48.0 Å². The lowest BCUT2D eigenvalue weighted by molar-refractivity contribution is -0.148. The minimum Gasteiger partial charge on any atom is -0.468 e. The molecule has 7 nitrogen and oxygen atoms in total. The molecule has 0 aliphatic carbocycles. The lowest BCUT2D eigenvalue weighted by Crippen LogP contribution is -2.51. The van der Waals surface area contributed by atoms with Crippen molar-refractivity contribution in [2.45, 2.75) is 6.04 Å². The Labute approximate surface area is 185 Å². The highest BCUT2D eigenvalue weighted by Gasteiger charge is 2.34. The molecule has 0 bridgehead atoms. The molecule has 2 heterocycles. The molecule has 1 atom stereocenters. The molecule has 1 aliphatic rings. The van der Waals surface area contributed by atoms with Crippen molar-refractivity contribution in [2.75, 3.05) is 33.3 Å². The molecule has 1 unspecified atom stereocenters. The van der Waals surface area contributed by atoms with Crippen molar-refractivity contribution in [1.29, 1.82) is 0 Å². The zero-order valence-corrected chi connectivity index (χ0v) is 17.9. The fourth-order valence-electron chi connectivity index (χ4n) is 3.87. The lowest BCUT2D eigenvalue weighted by Gasteiger charge is -2.38. The number of benzene rings is 2. The first-order valence-electron chi connectivity index (χ1n) is 10.0. The summed E-state index contributed by atoms with van der Waals surface area (Å²) in [5.74, 6) is -0.455. The Hall–Kier alpha value is -3.16. The number of carbonyl (C=O) groups is 2. The van der Waals surface area contributed by atoms with Gasteiger partial charge in [0.15, 0.2) is 0 Å². The van der Waals surface area contributed by atoms with Crippen LogP contribution in [0, 0.1) is 0 Å². The van der Waals surface area contributed by atoms with Crippen LogP contribution < -0.4 is 0 Å². The summed E-state index contributed by atoms with van der Waals surface area (Å²) in [5, 5.41) is 0.517. The maximum Gasteiger partial charge on any atom is 0.327 e. The molecule has 3 aromatic rings. The van der Waals surface area contributed by atoms with Crippen LogP contribution in [0.5, 0.6) is 0 Å². The van der Waals surface area contributed by atoms with Gasteiger partial charge in [-0.2, -0.15) is 0 Å². The largest absolute Gasteiger partial charge is 0.468 e. The number of para-hydroxylation sites is 1. The topological polar surface area (TPSA) is 67.7 Å². The number of rotatable bonds is 5. The first-order chi connectivity index (χ1) is 15.1. The molecule has 8 heteroatoms. The second kappa shape index (κ2) is 9.32. The van der Waals surface area contributed by atoms with Crippen molar-refractivity contribution in [3.63, 3.8) is 0 Å². The van der Waals surface area contributed by atoms with E-state index in [2.05, 4.69) is 4.98 Å². The minimum absolute atomic E-state index is 0.0895. The van der Waals surface area contributed by atoms with E-state index in [1.165, 1.54) is 7.11 Å². The Kier molecular flexibility index (Phi) is 6.34. The average molecular weight is 439 g/mol. The summed E-state index contributed by atoms with van der Waals surface area (Å²) in [7, 11) is 1.37. The van der Waals surface area contributed by atoms with Crippen molar-refractivity contribution >= 4 is 23.5 Å². The maximum atomic E-state index is 13.2. The molecular weight excluding hydrogens is 416 g/mol. The number of hydrogen-bond donors (Lipinski definition) is 0. The van der Waals surface area contributed by atoms with Gasteiger partial charge in [0.2, 0.25) is 0 Å². The van der Waals surface area contributed by atoms with Gasteiger partial charge in [0, 0.05) is 36.9 Å².